The minimum absolute atomic E-state index is 0.00278. The summed E-state index contributed by atoms with van der Waals surface area (Å²) in [6.45, 7) is 0.308. The fraction of sp³-hybridized carbons (Fsp3) is 0.417. The van der Waals surface area contributed by atoms with E-state index in [1.807, 2.05) is 0 Å². The van der Waals surface area contributed by atoms with E-state index < -0.39 is 16.2 Å². The van der Waals surface area contributed by atoms with Crippen LogP contribution in [0.5, 0.6) is 0 Å². The van der Waals surface area contributed by atoms with Gasteiger partial charge in [0.25, 0.3) is 0 Å². The highest BCUT2D eigenvalue weighted by atomic mass is 35.5. The predicted octanol–water partition coefficient (Wildman–Crippen LogP) is 2.83. The van der Waals surface area contributed by atoms with Gasteiger partial charge in [-0.05, 0) is 37.5 Å². The van der Waals surface area contributed by atoms with Gasteiger partial charge >= 0.3 is 0 Å². The van der Waals surface area contributed by atoms with E-state index in [9.17, 15) is 13.2 Å². The lowest BCUT2D eigenvalue weighted by atomic mass is 10.1. The van der Waals surface area contributed by atoms with Crippen LogP contribution in [0, 0.1) is 0 Å². The number of piperidine rings is 1. The van der Waals surface area contributed by atoms with Crippen molar-refractivity contribution in [2.75, 3.05) is 6.54 Å². The normalized spacial score (nSPS) is 20.4. The third-order valence-corrected chi connectivity index (χ3v) is 5.38. The third kappa shape index (κ3) is 3.22. The van der Waals surface area contributed by atoms with Gasteiger partial charge in [0.15, 0.2) is 0 Å². The summed E-state index contributed by atoms with van der Waals surface area (Å²) in [5.41, 5.74) is 0. The second kappa shape index (κ2) is 6.24. The monoisotopic (exact) mass is 334 g/mol. The Morgan fingerprint density at radius 3 is 2.45 bits per heavy atom. The maximum Gasteiger partial charge on any atom is 0.245 e. The second-order valence-corrected chi connectivity index (χ2v) is 7.18. The van der Waals surface area contributed by atoms with Crippen molar-refractivity contribution >= 4 is 39.3 Å². The van der Waals surface area contributed by atoms with Crippen LogP contribution in [-0.4, -0.2) is 31.5 Å². The molecule has 1 saturated heterocycles. The smallest absolute Gasteiger partial charge is 0.211 e. The molecule has 0 bridgehead atoms. The lowest BCUT2D eigenvalue weighted by Gasteiger charge is -2.31. The van der Waals surface area contributed by atoms with Gasteiger partial charge in [-0.2, -0.15) is 9.30 Å². The number of nitrogens with zero attached hydrogens (tertiary/aromatic N) is 2. The van der Waals surface area contributed by atoms with Crippen LogP contribution in [0.4, 0.5) is 0 Å². The highest BCUT2D eigenvalue weighted by Crippen LogP contribution is 2.29. The molecule has 1 aromatic rings. The Kier molecular flexibility index (Phi) is 4.83. The van der Waals surface area contributed by atoms with E-state index >= 15 is 0 Å². The summed E-state index contributed by atoms with van der Waals surface area (Å²) in [5.74, 6) is 0. The van der Waals surface area contributed by atoms with Crippen LogP contribution in [0.2, 0.25) is 10.0 Å². The van der Waals surface area contributed by atoms with Crippen LogP contribution in [0.25, 0.3) is 0 Å². The summed E-state index contributed by atoms with van der Waals surface area (Å²) in [6.07, 6.45) is 2.77. The zero-order valence-electron chi connectivity index (χ0n) is 10.4. The molecule has 1 aliphatic rings. The molecule has 1 heterocycles. The molecule has 1 fully saturated rings. The van der Waals surface area contributed by atoms with Crippen molar-refractivity contribution in [1.29, 1.82) is 0 Å². The first-order valence-corrected chi connectivity index (χ1v) is 8.19. The molecule has 1 aromatic carbocycles. The van der Waals surface area contributed by atoms with E-state index in [4.69, 9.17) is 23.2 Å². The maximum atomic E-state index is 12.6. The van der Waals surface area contributed by atoms with Crippen LogP contribution in [-0.2, 0) is 14.8 Å². The lowest BCUT2D eigenvalue weighted by Crippen LogP contribution is -2.42. The van der Waals surface area contributed by atoms with Crippen LogP contribution in [0.15, 0.2) is 28.1 Å². The van der Waals surface area contributed by atoms with Crippen molar-refractivity contribution in [3.05, 3.63) is 28.2 Å². The number of isocyanates is 1. The van der Waals surface area contributed by atoms with Gasteiger partial charge in [0, 0.05) is 16.6 Å². The van der Waals surface area contributed by atoms with Gasteiger partial charge < -0.3 is 0 Å². The average molecular weight is 335 g/mol. The van der Waals surface area contributed by atoms with Crippen molar-refractivity contribution < 1.29 is 13.2 Å². The van der Waals surface area contributed by atoms with Crippen molar-refractivity contribution in [3.8, 4) is 0 Å². The van der Waals surface area contributed by atoms with Gasteiger partial charge in [0.1, 0.15) is 6.17 Å². The SMILES string of the molecule is O=C=NC1CCCCN1S(=O)(=O)c1cc(Cl)cc(Cl)c1. The third-order valence-electron chi connectivity index (χ3n) is 3.07. The van der Waals surface area contributed by atoms with Gasteiger partial charge in [-0.15, -0.1) is 0 Å². The number of benzene rings is 1. The number of halogens is 2. The molecule has 0 amide bonds. The molecule has 0 N–H and O–H groups in total. The first-order valence-electron chi connectivity index (χ1n) is 6.00. The van der Waals surface area contributed by atoms with Crippen molar-refractivity contribution in [1.82, 2.24) is 4.31 Å². The van der Waals surface area contributed by atoms with E-state index in [1.165, 1.54) is 28.6 Å². The Morgan fingerprint density at radius 2 is 1.85 bits per heavy atom. The fourth-order valence-corrected chi connectivity index (χ4v) is 4.49. The van der Waals surface area contributed by atoms with Gasteiger partial charge in [-0.25, -0.2) is 13.2 Å². The molecule has 1 aliphatic heterocycles. The summed E-state index contributed by atoms with van der Waals surface area (Å²) in [5, 5.41) is 0.479. The highest BCUT2D eigenvalue weighted by molar-refractivity contribution is 7.89. The number of rotatable bonds is 3. The second-order valence-electron chi connectivity index (χ2n) is 4.42. The summed E-state index contributed by atoms with van der Waals surface area (Å²) in [4.78, 5) is 14.0. The van der Waals surface area contributed by atoms with Gasteiger partial charge in [0.05, 0.1) is 4.90 Å². The van der Waals surface area contributed by atoms with Crippen LogP contribution in [0.1, 0.15) is 19.3 Å². The number of hydrogen-bond donors (Lipinski definition) is 0. The first kappa shape index (κ1) is 15.5. The standard InChI is InChI=1S/C12H12Cl2N2O3S/c13-9-5-10(14)7-11(6-9)20(18,19)16-4-2-1-3-12(16)15-8-17/h5-7,12H,1-4H2. The summed E-state index contributed by atoms with van der Waals surface area (Å²) >= 11 is 11.7. The lowest BCUT2D eigenvalue weighted by molar-refractivity contribution is 0.259. The molecule has 0 aliphatic carbocycles. The first-order chi connectivity index (χ1) is 9.45. The summed E-state index contributed by atoms with van der Waals surface area (Å²) in [7, 11) is -3.79. The van der Waals surface area contributed by atoms with Gasteiger partial charge in [0.2, 0.25) is 16.1 Å². The molecule has 0 spiro atoms. The molecular formula is C12H12Cl2N2O3S. The molecule has 1 unspecified atom stereocenters. The molecular weight excluding hydrogens is 323 g/mol. The Hall–Kier alpha value is -0.910. The van der Waals surface area contributed by atoms with Crippen molar-refractivity contribution in [2.45, 2.75) is 30.3 Å². The summed E-state index contributed by atoms with van der Waals surface area (Å²) in [6, 6.07) is 4.12. The molecule has 108 valence electrons. The molecule has 5 nitrogen and oxygen atoms in total. The fourth-order valence-electron chi connectivity index (χ4n) is 2.17. The van der Waals surface area contributed by atoms with Gasteiger partial charge in [-0.1, -0.05) is 23.2 Å². The molecule has 20 heavy (non-hydrogen) atoms. The quantitative estimate of drug-likeness (QED) is 0.630. The molecule has 8 heteroatoms. The van der Waals surface area contributed by atoms with E-state index in [0.717, 1.165) is 12.8 Å². The zero-order chi connectivity index (χ0) is 14.8. The van der Waals surface area contributed by atoms with E-state index in [0.29, 0.717) is 13.0 Å². The topological polar surface area (TPSA) is 66.8 Å². The number of aliphatic imine (C=N–C) groups is 1. The van der Waals surface area contributed by atoms with E-state index in [-0.39, 0.29) is 14.9 Å². The van der Waals surface area contributed by atoms with Crippen LogP contribution in [0.3, 0.4) is 0 Å². The minimum Gasteiger partial charge on any atom is -0.211 e. The Balaban J connectivity index is 2.44. The Bertz CT molecular complexity index is 636. The van der Waals surface area contributed by atoms with Gasteiger partial charge in [-0.3, -0.25) is 0 Å². The predicted molar refractivity (Wildman–Crippen MR) is 76.1 cm³/mol. The zero-order valence-corrected chi connectivity index (χ0v) is 12.7. The number of sulfonamides is 1. The largest absolute Gasteiger partial charge is 0.245 e. The molecule has 0 aromatic heterocycles. The van der Waals surface area contributed by atoms with E-state index in [2.05, 4.69) is 4.99 Å². The molecule has 0 radical (unpaired) electrons. The van der Waals surface area contributed by atoms with E-state index in [1.54, 1.807) is 0 Å². The average Bonchev–Trinajstić information content (AvgIpc) is 2.38. The van der Waals surface area contributed by atoms with Crippen molar-refractivity contribution in [3.63, 3.8) is 0 Å². The highest BCUT2D eigenvalue weighted by Gasteiger charge is 2.33. The Labute approximate surface area is 127 Å². The molecule has 0 saturated carbocycles. The Morgan fingerprint density at radius 1 is 1.20 bits per heavy atom. The molecule has 1 atom stereocenters. The summed E-state index contributed by atoms with van der Waals surface area (Å²) < 4.78 is 26.4. The minimum atomic E-state index is -3.79. The number of hydrogen-bond acceptors (Lipinski definition) is 4. The number of carbonyl (C=O) groups excluding carboxylic acids is 1. The van der Waals surface area contributed by atoms with Crippen LogP contribution >= 0.6 is 23.2 Å². The van der Waals surface area contributed by atoms with Crippen LogP contribution < -0.4 is 0 Å². The molecule has 2 rings (SSSR count). The maximum absolute atomic E-state index is 12.6. The van der Waals surface area contributed by atoms with Crippen molar-refractivity contribution in [2.24, 2.45) is 4.99 Å².